The lowest BCUT2D eigenvalue weighted by atomic mass is 9.96. The number of amides is 3. The fraction of sp³-hybridized carbons (Fsp3) is 0.850. The molecule has 0 saturated carbocycles. The number of primary amides is 1. The number of nitrogens with zero attached hydrogens (tertiary/aromatic N) is 3. The van der Waals surface area contributed by atoms with E-state index < -0.39 is 23.6 Å². The zero-order chi connectivity index (χ0) is 22.1. The molecular formula is C20H40N4O4. The van der Waals surface area contributed by atoms with Gasteiger partial charge in [0.15, 0.2) is 0 Å². The van der Waals surface area contributed by atoms with Gasteiger partial charge in [-0.1, -0.05) is 6.92 Å². The average molecular weight is 401 g/mol. The minimum atomic E-state index is -0.812. The lowest BCUT2D eigenvalue weighted by molar-refractivity contribution is -0.148. The van der Waals surface area contributed by atoms with E-state index in [1.807, 2.05) is 39.8 Å². The first kappa shape index (κ1) is 26.3. The molecule has 0 spiro atoms. The van der Waals surface area contributed by atoms with Crippen molar-refractivity contribution in [3.05, 3.63) is 0 Å². The summed E-state index contributed by atoms with van der Waals surface area (Å²) in [5.74, 6) is -0.941. The van der Waals surface area contributed by atoms with Crippen molar-refractivity contribution in [2.75, 3.05) is 41.8 Å². The smallest absolute Gasteiger partial charge is 0.245 e. The normalized spacial score (nSPS) is 13.9. The Morgan fingerprint density at radius 1 is 1.04 bits per heavy atom. The molecule has 0 fully saturated rings. The van der Waals surface area contributed by atoms with Gasteiger partial charge in [-0.3, -0.25) is 14.4 Å². The molecule has 0 saturated heterocycles. The van der Waals surface area contributed by atoms with Crippen LogP contribution in [0.2, 0.25) is 0 Å². The van der Waals surface area contributed by atoms with Gasteiger partial charge < -0.3 is 25.2 Å². The maximum absolute atomic E-state index is 13.3. The van der Waals surface area contributed by atoms with Gasteiger partial charge in [0.05, 0.1) is 5.60 Å². The van der Waals surface area contributed by atoms with E-state index in [0.29, 0.717) is 19.3 Å². The number of rotatable bonds is 13. The molecule has 28 heavy (non-hydrogen) atoms. The van der Waals surface area contributed by atoms with E-state index in [0.717, 1.165) is 13.0 Å². The molecule has 0 aliphatic rings. The first-order chi connectivity index (χ1) is 12.9. The second-order valence-corrected chi connectivity index (χ2v) is 8.25. The summed E-state index contributed by atoms with van der Waals surface area (Å²) in [4.78, 5) is 42.7. The lowest BCUT2D eigenvalue weighted by Crippen LogP contribution is -2.55. The molecule has 2 N–H and O–H groups in total. The quantitative estimate of drug-likeness (QED) is 0.499. The summed E-state index contributed by atoms with van der Waals surface area (Å²) in [6, 6.07) is -1.44. The van der Waals surface area contributed by atoms with Gasteiger partial charge in [0.1, 0.15) is 12.1 Å². The monoisotopic (exact) mass is 400 g/mol. The average Bonchev–Trinajstić information content (AvgIpc) is 2.61. The predicted octanol–water partition coefficient (Wildman–Crippen LogP) is 1.08. The molecule has 3 amide bonds. The summed E-state index contributed by atoms with van der Waals surface area (Å²) in [6.45, 7) is 6.41. The van der Waals surface area contributed by atoms with Gasteiger partial charge in [-0.15, -0.1) is 0 Å². The maximum Gasteiger partial charge on any atom is 0.245 e. The number of carbonyl (C=O) groups excluding carboxylic acids is 3. The molecule has 0 radical (unpaired) electrons. The molecule has 0 aromatic rings. The zero-order valence-electron chi connectivity index (χ0n) is 18.9. The van der Waals surface area contributed by atoms with Crippen LogP contribution in [0, 0.1) is 0 Å². The molecule has 0 unspecified atom stereocenters. The molecule has 0 aliphatic carbocycles. The van der Waals surface area contributed by atoms with E-state index in [1.54, 1.807) is 21.2 Å². The van der Waals surface area contributed by atoms with Crippen molar-refractivity contribution in [2.45, 2.75) is 70.6 Å². The first-order valence-corrected chi connectivity index (χ1v) is 9.89. The summed E-state index contributed by atoms with van der Waals surface area (Å²) >= 11 is 0. The third-order valence-electron chi connectivity index (χ3n) is 5.07. The van der Waals surface area contributed by atoms with Crippen molar-refractivity contribution in [3.63, 3.8) is 0 Å². The number of hydrogen-bond acceptors (Lipinski definition) is 5. The SMILES string of the molecule is CCCC(=O)N(C)[C@H](CCCN(C)C)C(=O)N(C)[C@@H](CC(C)(C)OC)C(N)=O. The third-order valence-corrected chi connectivity index (χ3v) is 5.07. The molecule has 0 rings (SSSR count). The van der Waals surface area contributed by atoms with Crippen LogP contribution in [0.15, 0.2) is 0 Å². The molecule has 164 valence electrons. The Bertz CT molecular complexity index is 522. The standard InChI is InChI=1S/C20H40N4O4/c1-9-11-17(25)23(6)15(12-10-13-22(4)5)19(27)24(7)16(18(21)26)14-20(2,3)28-8/h15-16H,9-14H2,1-8H3,(H2,21,26)/t15-,16+/m1/s1. The largest absolute Gasteiger partial charge is 0.379 e. The minimum Gasteiger partial charge on any atom is -0.379 e. The fourth-order valence-corrected chi connectivity index (χ4v) is 3.01. The van der Waals surface area contributed by atoms with E-state index >= 15 is 0 Å². The van der Waals surface area contributed by atoms with Crippen molar-refractivity contribution in [3.8, 4) is 0 Å². The Balaban J connectivity index is 5.54. The van der Waals surface area contributed by atoms with E-state index in [9.17, 15) is 14.4 Å². The number of hydrogen-bond donors (Lipinski definition) is 1. The number of ether oxygens (including phenoxy) is 1. The molecule has 0 bridgehead atoms. The molecule has 8 heteroatoms. The number of nitrogens with two attached hydrogens (primary N) is 1. The topological polar surface area (TPSA) is 96.2 Å². The molecule has 0 aromatic heterocycles. The Morgan fingerprint density at radius 2 is 1.61 bits per heavy atom. The maximum atomic E-state index is 13.3. The molecule has 8 nitrogen and oxygen atoms in total. The van der Waals surface area contributed by atoms with Crippen LogP contribution < -0.4 is 5.73 Å². The summed E-state index contributed by atoms with van der Waals surface area (Å²) in [7, 11) is 8.71. The van der Waals surface area contributed by atoms with E-state index in [-0.39, 0.29) is 18.2 Å². The fourth-order valence-electron chi connectivity index (χ4n) is 3.01. The van der Waals surface area contributed by atoms with Gasteiger partial charge in [0.2, 0.25) is 17.7 Å². The summed E-state index contributed by atoms with van der Waals surface area (Å²) in [5, 5.41) is 0. The van der Waals surface area contributed by atoms with Crippen LogP contribution in [0.4, 0.5) is 0 Å². The Kier molecular flexibility index (Phi) is 11.3. The van der Waals surface area contributed by atoms with Gasteiger partial charge in [-0.05, 0) is 53.8 Å². The molecule has 0 heterocycles. The van der Waals surface area contributed by atoms with Gasteiger partial charge in [0, 0.05) is 34.0 Å². The summed E-state index contributed by atoms with van der Waals surface area (Å²) in [5.41, 5.74) is 4.97. The van der Waals surface area contributed by atoms with Crippen molar-refractivity contribution in [1.82, 2.24) is 14.7 Å². The Morgan fingerprint density at radius 3 is 2.04 bits per heavy atom. The van der Waals surface area contributed by atoms with E-state index in [1.165, 1.54) is 9.80 Å². The van der Waals surface area contributed by atoms with Crippen LogP contribution in [-0.2, 0) is 19.1 Å². The second kappa shape index (κ2) is 12.0. The number of carbonyl (C=O) groups is 3. The predicted molar refractivity (Wildman–Crippen MR) is 111 cm³/mol. The van der Waals surface area contributed by atoms with Crippen LogP contribution in [-0.4, -0.2) is 92.0 Å². The molecule has 0 aliphatic heterocycles. The van der Waals surface area contributed by atoms with Crippen molar-refractivity contribution in [2.24, 2.45) is 5.73 Å². The molecular weight excluding hydrogens is 360 g/mol. The van der Waals surface area contributed by atoms with Crippen molar-refractivity contribution in [1.29, 1.82) is 0 Å². The highest BCUT2D eigenvalue weighted by molar-refractivity contribution is 5.91. The van der Waals surface area contributed by atoms with Gasteiger partial charge >= 0.3 is 0 Å². The van der Waals surface area contributed by atoms with Gasteiger partial charge in [0.25, 0.3) is 0 Å². The van der Waals surface area contributed by atoms with E-state index in [2.05, 4.69) is 0 Å². The first-order valence-electron chi connectivity index (χ1n) is 9.89. The summed E-state index contributed by atoms with van der Waals surface area (Å²) in [6.07, 6.45) is 2.65. The lowest BCUT2D eigenvalue weighted by Gasteiger charge is -2.36. The number of likely N-dealkylation sites (N-methyl/N-ethyl adjacent to an activating group) is 2. The van der Waals surface area contributed by atoms with Crippen LogP contribution in [0.5, 0.6) is 0 Å². The second-order valence-electron chi connectivity index (χ2n) is 8.25. The minimum absolute atomic E-state index is 0.0769. The highest BCUT2D eigenvalue weighted by Crippen LogP contribution is 2.21. The Labute approximate surface area is 170 Å². The van der Waals surface area contributed by atoms with Crippen LogP contribution in [0.25, 0.3) is 0 Å². The molecule has 0 aromatic carbocycles. The van der Waals surface area contributed by atoms with Crippen molar-refractivity contribution >= 4 is 17.7 Å². The van der Waals surface area contributed by atoms with Crippen LogP contribution >= 0.6 is 0 Å². The van der Waals surface area contributed by atoms with Gasteiger partial charge in [-0.25, -0.2) is 0 Å². The van der Waals surface area contributed by atoms with Gasteiger partial charge in [-0.2, -0.15) is 0 Å². The summed E-state index contributed by atoms with van der Waals surface area (Å²) < 4.78 is 5.40. The van der Waals surface area contributed by atoms with Crippen LogP contribution in [0.3, 0.4) is 0 Å². The van der Waals surface area contributed by atoms with E-state index in [4.69, 9.17) is 10.5 Å². The number of methoxy groups -OCH3 is 1. The van der Waals surface area contributed by atoms with Crippen molar-refractivity contribution < 1.29 is 19.1 Å². The van der Waals surface area contributed by atoms with Crippen LogP contribution in [0.1, 0.15) is 52.9 Å². The molecule has 2 atom stereocenters. The Hall–Kier alpha value is -1.67. The highest BCUT2D eigenvalue weighted by atomic mass is 16.5. The highest BCUT2D eigenvalue weighted by Gasteiger charge is 2.36. The zero-order valence-corrected chi connectivity index (χ0v) is 18.9. The third kappa shape index (κ3) is 8.56.